The number of hydrazone groups is 1. The molecular weight excluding hydrogens is 116 g/mol. The molecule has 0 unspecified atom stereocenters. The number of rotatable bonds is 0. The van der Waals surface area contributed by atoms with E-state index in [1.807, 2.05) is 0 Å². The Morgan fingerprint density at radius 2 is 2.22 bits per heavy atom. The Balaban J connectivity index is 2.43. The van der Waals surface area contributed by atoms with Crippen LogP contribution in [0.3, 0.4) is 0 Å². The fraction of sp³-hybridized carbons (Fsp3) is 0.400. The van der Waals surface area contributed by atoms with Gasteiger partial charge in [-0.05, 0) is 0 Å². The number of hydrogen-bond acceptors (Lipinski definition) is 4. The van der Waals surface area contributed by atoms with Crippen molar-refractivity contribution < 1.29 is 0 Å². The van der Waals surface area contributed by atoms with E-state index in [9.17, 15) is 0 Å². The third-order valence-electron chi connectivity index (χ3n) is 0.813. The SMILES string of the molecule is C1=N\C/N=C\CN\N=C/1. The molecule has 0 aromatic rings. The molecule has 1 N–H and O–H groups in total. The molecule has 0 fully saturated rings. The van der Waals surface area contributed by atoms with Crippen molar-refractivity contribution in [2.75, 3.05) is 13.2 Å². The van der Waals surface area contributed by atoms with Gasteiger partial charge in [0, 0.05) is 12.4 Å². The Morgan fingerprint density at radius 3 is 3.22 bits per heavy atom. The van der Waals surface area contributed by atoms with Gasteiger partial charge in [-0.25, -0.2) is 0 Å². The quantitative estimate of drug-likeness (QED) is 0.472. The van der Waals surface area contributed by atoms with Gasteiger partial charge in [-0.3, -0.25) is 9.98 Å². The molecule has 0 aromatic carbocycles. The minimum atomic E-state index is 0.508. The lowest BCUT2D eigenvalue weighted by Gasteiger charge is -1.87. The molecule has 4 nitrogen and oxygen atoms in total. The minimum Gasteiger partial charge on any atom is -0.305 e. The van der Waals surface area contributed by atoms with Crippen molar-refractivity contribution in [2.24, 2.45) is 15.1 Å². The molecular formula is C5H8N4. The van der Waals surface area contributed by atoms with E-state index in [0.717, 1.165) is 0 Å². The molecule has 0 bridgehead atoms. The lowest BCUT2D eigenvalue weighted by atomic mass is 10.7. The number of hydrogen-bond donors (Lipinski definition) is 1. The van der Waals surface area contributed by atoms with Crippen LogP contribution in [0.4, 0.5) is 0 Å². The number of nitrogens with one attached hydrogen (secondary N) is 1. The lowest BCUT2D eigenvalue weighted by Crippen LogP contribution is -2.07. The molecule has 0 saturated heterocycles. The molecule has 0 aromatic heterocycles. The summed E-state index contributed by atoms with van der Waals surface area (Å²) in [6.45, 7) is 1.19. The number of aliphatic imine (C=N–C) groups is 2. The smallest absolute Gasteiger partial charge is 0.129 e. The molecule has 9 heavy (non-hydrogen) atoms. The van der Waals surface area contributed by atoms with Crippen molar-refractivity contribution in [3.63, 3.8) is 0 Å². The standard InChI is InChI=1S/C5H8N4/c1-3-8-9-4-2-7-5-6-1/h1-3,9H,4-5H2/b6-1-,7-2-,8-3-. The van der Waals surface area contributed by atoms with Gasteiger partial charge >= 0.3 is 0 Å². The Kier molecular flexibility index (Phi) is 2.49. The highest BCUT2D eigenvalue weighted by Gasteiger charge is 1.76. The van der Waals surface area contributed by atoms with E-state index in [0.29, 0.717) is 13.2 Å². The summed E-state index contributed by atoms with van der Waals surface area (Å²) in [6, 6.07) is 0. The van der Waals surface area contributed by atoms with Crippen LogP contribution >= 0.6 is 0 Å². The van der Waals surface area contributed by atoms with Gasteiger partial charge in [-0.2, -0.15) is 5.10 Å². The maximum Gasteiger partial charge on any atom is 0.129 e. The molecule has 1 rings (SSSR count). The summed E-state index contributed by atoms with van der Waals surface area (Å²) in [5.41, 5.74) is 2.76. The topological polar surface area (TPSA) is 49.1 Å². The zero-order valence-electron chi connectivity index (χ0n) is 4.99. The fourth-order valence-corrected chi connectivity index (χ4v) is 0.443. The first kappa shape index (κ1) is 5.94. The van der Waals surface area contributed by atoms with Gasteiger partial charge in [-0.15, -0.1) is 0 Å². The highest BCUT2D eigenvalue weighted by Crippen LogP contribution is 1.70. The molecule has 0 aliphatic carbocycles. The average molecular weight is 124 g/mol. The summed E-state index contributed by atoms with van der Waals surface area (Å²) in [4.78, 5) is 7.80. The van der Waals surface area contributed by atoms with Gasteiger partial charge < -0.3 is 5.43 Å². The van der Waals surface area contributed by atoms with Crippen LogP contribution < -0.4 is 5.43 Å². The molecule has 0 amide bonds. The van der Waals surface area contributed by atoms with Gasteiger partial charge in [0.25, 0.3) is 0 Å². The van der Waals surface area contributed by atoms with E-state index in [1.54, 1.807) is 18.6 Å². The molecule has 0 spiro atoms. The molecule has 0 atom stereocenters. The summed E-state index contributed by atoms with van der Waals surface area (Å²) in [7, 11) is 0. The summed E-state index contributed by atoms with van der Waals surface area (Å²) in [6.07, 6.45) is 4.98. The van der Waals surface area contributed by atoms with Crippen LogP contribution in [-0.2, 0) is 0 Å². The van der Waals surface area contributed by atoms with Gasteiger partial charge in [0.1, 0.15) is 6.67 Å². The maximum atomic E-state index is 3.93. The van der Waals surface area contributed by atoms with E-state index >= 15 is 0 Å². The first-order valence-electron chi connectivity index (χ1n) is 2.73. The van der Waals surface area contributed by atoms with Crippen molar-refractivity contribution in [1.82, 2.24) is 5.43 Å². The van der Waals surface area contributed by atoms with Crippen molar-refractivity contribution in [2.45, 2.75) is 0 Å². The van der Waals surface area contributed by atoms with Crippen LogP contribution in [0.5, 0.6) is 0 Å². The van der Waals surface area contributed by atoms with Crippen LogP contribution in [0, 0.1) is 0 Å². The first-order chi connectivity index (χ1) is 4.50. The Labute approximate surface area is 53.4 Å². The van der Waals surface area contributed by atoms with Crippen LogP contribution in [0.25, 0.3) is 0 Å². The second-order valence-electron chi connectivity index (χ2n) is 1.48. The van der Waals surface area contributed by atoms with E-state index in [-0.39, 0.29) is 0 Å². The van der Waals surface area contributed by atoms with Crippen molar-refractivity contribution >= 4 is 18.6 Å². The molecule has 1 aliphatic heterocycles. The fourth-order valence-electron chi connectivity index (χ4n) is 0.443. The monoisotopic (exact) mass is 124 g/mol. The highest BCUT2D eigenvalue weighted by molar-refractivity contribution is 6.15. The minimum absolute atomic E-state index is 0.508. The van der Waals surface area contributed by atoms with Gasteiger partial charge in [-0.1, -0.05) is 0 Å². The third kappa shape index (κ3) is 2.58. The molecule has 0 radical (unpaired) electrons. The van der Waals surface area contributed by atoms with Crippen LogP contribution in [0.1, 0.15) is 0 Å². The van der Waals surface area contributed by atoms with E-state index in [4.69, 9.17) is 0 Å². The molecule has 1 aliphatic rings. The molecule has 48 valence electrons. The van der Waals surface area contributed by atoms with Gasteiger partial charge in [0.05, 0.1) is 12.8 Å². The van der Waals surface area contributed by atoms with E-state index in [2.05, 4.69) is 20.5 Å². The van der Waals surface area contributed by atoms with Crippen LogP contribution in [-0.4, -0.2) is 31.9 Å². The summed E-state index contributed by atoms with van der Waals surface area (Å²) in [5, 5.41) is 3.78. The second kappa shape index (κ2) is 3.77. The second-order valence-corrected chi connectivity index (χ2v) is 1.48. The lowest BCUT2D eigenvalue weighted by molar-refractivity contribution is 0.860. The summed E-state index contributed by atoms with van der Waals surface area (Å²) in [5.74, 6) is 0. The predicted octanol–water partition coefficient (Wildman–Crippen LogP) is -0.326. The van der Waals surface area contributed by atoms with Gasteiger partial charge in [0.15, 0.2) is 0 Å². The average Bonchev–Trinajstić information content (AvgIpc) is 2.00. The van der Waals surface area contributed by atoms with Gasteiger partial charge in [0.2, 0.25) is 0 Å². The zero-order chi connectivity index (χ0) is 6.36. The van der Waals surface area contributed by atoms with Crippen LogP contribution in [0.2, 0.25) is 0 Å². The largest absolute Gasteiger partial charge is 0.305 e. The normalized spacial score (nSPS) is 28.4. The Morgan fingerprint density at radius 1 is 1.22 bits per heavy atom. The molecule has 0 saturated carbocycles. The van der Waals surface area contributed by atoms with E-state index < -0.39 is 0 Å². The number of nitrogens with zero attached hydrogens (tertiary/aromatic N) is 3. The Hall–Kier alpha value is -1.19. The van der Waals surface area contributed by atoms with Crippen molar-refractivity contribution in [1.29, 1.82) is 0 Å². The van der Waals surface area contributed by atoms with E-state index in [1.165, 1.54) is 0 Å². The predicted molar refractivity (Wildman–Crippen MR) is 38.3 cm³/mol. The van der Waals surface area contributed by atoms with Crippen molar-refractivity contribution in [3.8, 4) is 0 Å². The summed E-state index contributed by atoms with van der Waals surface area (Å²) >= 11 is 0. The highest BCUT2D eigenvalue weighted by atomic mass is 15.3. The molecule has 1 heterocycles. The Bertz CT molecular complexity index is 147. The van der Waals surface area contributed by atoms with Crippen molar-refractivity contribution in [3.05, 3.63) is 0 Å². The first-order valence-corrected chi connectivity index (χ1v) is 2.73. The maximum absolute atomic E-state index is 3.93. The summed E-state index contributed by atoms with van der Waals surface area (Å²) < 4.78 is 0. The third-order valence-corrected chi connectivity index (χ3v) is 0.813. The zero-order valence-corrected chi connectivity index (χ0v) is 4.99. The van der Waals surface area contributed by atoms with Crippen LogP contribution in [0.15, 0.2) is 15.1 Å². The molecule has 4 heteroatoms.